The Bertz CT molecular complexity index is 994. The molecule has 1 aromatic carbocycles. The van der Waals surface area contributed by atoms with Gasteiger partial charge in [0.05, 0.1) is 13.2 Å². The highest BCUT2D eigenvalue weighted by Gasteiger charge is 2.27. The molecule has 1 aliphatic heterocycles. The summed E-state index contributed by atoms with van der Waals surface area (Å²) in [7, 11) is 1.69. The summed E-state index contributed by atoms with van der Waals surface area (Å²) in [6, 6.07) is 5.56. The molecule has 3 heterocycles. The summed E-state index contributed by atoms with van der Waals surface area (Å²) in [4.78, 5) is 7.97. The molecule has 1 fully saturated rings. The zero-order chi connectivity index (χ0) is 20.6. The Hall–Kier alpha value is -3.14. The third-order valence-electron chi connectivity index (χ3n) is 4.70. The molecule has 0 bridgehead atoms. The van der Waals surface area contributed by atoms with E-state index in [1.165, 1.54) is 4.80 Å². The van der Waals surface area contributed by atoms with E-state index in [1.54, 1.807) is 25.4 Å². The Balaban J connectivity index is 1.48. The minimum atomic E-state index is 0.0643. The van der Waals surface area contributed by atoms with Crippen molar-refractivity contribution in [2.75, 3.05) is 18.0 Å². The third kappa shape index (κ3) is 4.32. The number of rotatable bonds is 4. The Morgan fingerprint density at radius 2 is 2.00 bits per heavy atom. The molecule has 10 nitrogen and oxygen atoms in total. The van der Waals surface area contributed by atoms with Crippen LogP contribution in [0.15, 0.2) is 24.4 Å². The second kappa shape index (κ2) is 7.36. The number of hydrogen-bond donors (Lipinski definition) is 2. The van der Waals surface area contributed by atoms with Crippen molar-refractivity contribution in [1.29, 1.82) is 0 Å². The molecule has 1 unspecified atom stereocenters. The van der Waals surface area contributed by atoms with Gasteiger partial charge in [0.25, 0.3) is 0 Å². The summed E-state index contributed by atoms with van der Waals surface area (Å²) >= 11 is 0. The Labute approximate surface area is 169 Å². The maximum atomic E-state index is 10.4. The zero-order valence-electron chi connectivity index (χ0n) is 17.0. The number of nitrogens with one attached hydrogen (secondary N) is 1. The minimum Gasteiger partial charge on any atom is -0.507 e. The van der Waals surface area contributed by atoms with Crippen molar-refractivity contribution >= 4 is 5.95 Å². The van der Waals surface area contributed by atoms with Gasteiger partial charge in [0.15, 0.2) is 0 Å². The molecule has 4 rings (SSSR count). The van der Waals surface area contributed by atoms with Crippen LogP contribution in [0.4, 0.5) is 5.95 Å². The van der Waals surface area contributed by atoms with Gasteiger partial charge in [0.1, 0.15) is 11.4 Å². The second-order valence-corrected chi connectivity index (χ2v) is 8.30. The molecule has 1 atom stereocenters. The fourth-order valence-electron chi connectivity index (χ4n) is 3.50. The van der Waals surface area contributed by atoms with Gasteiger partial charge in [-0.25, -0.2) is 4.98 Å². The fraction of sp³-hybridized carbons (Fsp3) is 0.474. The predicted octanol–water partition coefficient (Wildman–Crippen LogP) is 1.40. The molecular formula is C19H25N9O. The van der Waals surface area contributed by atoms with Gasteiger partial charge < -0.3 is 15.3 Å². The van der Waals surface area contributed by atoms with Crippen molar-refractivity contribution in [3.63, 3.8) is 0 Å². The van der Waals surface area contributed by atoms with Crippen LogP contribution in [0.2, 0.25) is 0 Å². The lowest BCUT2D eigenvalue weighted by Gasteiger charge is -2.25. The van der Waals surface area contributed by atoms with Crippen LogP contribution in [0.3, 0.4) is 0 Å². The molecule has 0 saturated carbocycles. The largest absolute Gasteiger partial charge is 0.507 e. The second-order valence-electron chi connectivity index (χ2n) is 8.30. The molecule has 10 heteroatoms. The average Bonchev–Trinajstić information content (AvgIpc) is 3.30. The summed E-state index contributed by atoms with van der Waals surface area (Å²) in [6.07, 6.45) is 2.68. The highest BCUT2D eigenvalue weighted by atomic mass is 16.3. The van der Waals surface area contributed by atoms with Crippen LogP contribution >= 0.6 is 0 Å². The minimum absolute atomic E-state index is 0.0643. The molecule has 2 N–H and O–H groups in total. The van der Waals surface area contributed by atoms with E-state index in [0.717, 1.165) is 19.5 Å². The molecule has 1 aliphatic rings. The number of hydrogen-bond acceptors (Lipinski definition) is 9. The van der Waals surface area contributed by atoms with Crippen LogP contribution in [0.25, 0.3) is 22.6 Å². The normalized spacial score (nSPS) is 17.1. The number of phenols is 1. The number of phenolic OH excluding ortho intramolecular Hbond substituents is 1. The van der Waals surface area contributed by atoms with E-state index in [9.17, 15) is 5.11 Å². The summed E-state index contributed by atoms with van der Waals surface area (Å²) in [5, 5.41) is 34.5. The molecule has 152 valence electrons. The van der Waals surface area contributed by atoms with Gasteiger partial charge in [-0.3, -0.25) is 0 Å². The first-order chi connectivity index (χ1) is 13.8. The first kappa shape index (κ1) is 19.2. The Morgan fingerprint density at radius 3 is 2.62 bits per heavy atom. The van der Waals surface area contributed by atoms with Crippen LogP contribution in [0.1, 0.15) is 27.2 Å². The molecule has 0 spiro atoms. The van der Waals surface area contributed by atoms with Gasteiger partial charge >= 0.3 is 0 Å². The van der Waals surface area contributed by atoms with Crippen molar-refractivity contribution in [2.24, 2.45) is 7.05 Å². The van der Waals surface area contributed by atoms with Crippen molar-refractivity contribution in [3.8, 4) is 28.4 Å². The van der Waals surface area contributed by atoms with Crippen molar-refractivity contribution in [2.45, 2.75) is 38.8 Å². The van der Waals surface area contributed by atoms with Crippen molar-refractivity contribution < 1.29 is 5.11 Å². The summed E-state index contributed by atoms with van der Waals surface area (Å²) in [6.45, 7) is 8.24. The first-order valence-electron chi connectivity index (χ1n) is 9.58. The quantitative estimate of drug-likeness (QED) is 0.676. The van der Waals surface area contributed by atoms with Gasteiger partial charge in [0.2, 0.25) is 11.8 Å². The average molecular weight is 395 g/mol. The van der Waals surface area contributed by atoms with Crippen LogP contribution in [0.5, 0.6) is 5.75 Å². The fourth-order valence-corrected chi connectivity index (χ4v) is 3.50. The smallest absolute Gasteiger partial charge is 0.245 e. The predicted molar refractivity (Wildman–Crippen MR) is 108 cm³/mol. The van der Waals surface area contributed by atoms with Gasteiger partial charge in [-0.05, 0) is 44.5 Å². The van der Waals surface area contributed by atoms with Crippen LogP contribution < -0.4 is 10.2 Å². The maximum Gasteiger partial charge on any atom is 0.245 e. The topological polar surface area (TPSA) is 118 Å². The lowest BCUT2D eigenvalue weighted by molar-refractivity contribution is 0.373. The zero-order valence-corrected chi connectivity index (χ0v) is 17.0. The standard InChI is InChI=1S/C19H25N9O/c1-19(2,3)21-13-7-8-28(11-13)18-20-10-15(22-24-18)14-6-5-12(9-16(14)29)17-23-26-27(4)25-17/h5-6,9-10,13,21,29H,7-8,11H2,1-4H3. The van der Waals surface area contributed by atoms with Crippen molar-refractivity contribution in [3.05, 3.63) is 24.4 Å². The number of aromatic nitrogens is 7. The molecular weight excluding hydrogens is 370 g/mol. The lowest BCUT2D eigenvalue weighted by Crippen LogP contribution is -2.45. The van der Waals surface area contributed by atoms with E-state index in [0.29, 0.717) is 34.6 Å². The van der Waals surface area contributed by atoms with E-state index in [1.807, 2.05) is 6.07 Å². The number of anilines is 1. The number of tetrazole rings is 1. The van der Waals surface area contributed by atoms with E-state index in [2.05, 4.69) is 61.6 Å². The van der Waals surface area contributed by atoms with Gasteiger partial charge in [-0.2, -0.15) is 4.80 Å². The maximum absolute atomic E-state index is 10.4. The van der Waals surface area contributed by atoms with Gasteiger partial charge in [-0.15, -0.1) is 20.4 Å². The molecule has 1 saturated heterocycles. The van der Waals surface area contributed by atoms with E-state index >= 15 is 0 Å². The monoisotopic (exact) mass is 395 g/mol. The lowest BCUT2D eigenvalue weighted by atomic mass is 10.1. The van der Waals surface area contributed by atoms with Gasteiger partial charge in [0, 0.05) is 35.8 Å². The summed E-state index contributed by atoms with van der Waals surface area (Å²) < 4.78 is 0. The molecule has 0 radical (unpaired) electrons. The van der Waals surface area contributed by atoms with E-state index in [4.69, 9.17) is 0 Å². The number of benzene rings is 1. The molecule has 29 heavy (non-hydrogen) atoms. The third-order valence-corrected chi connectivity index (χ3v) is 4.70. The van der Waals surface area contributed by atoms with Crippen LogP contribution in [-0.2, 0) is 7.05 Å². The highest BCUT2D eigenvalue weighted by molar-refractivity contribution is 5.71. The number of aryl methyl sites for hydroxylation is 1. The van der Waals surface area contributed by atoms with E-state index in [-0.39, 0.29) is 11.3 Å². The molecule has 3 aromatic rings. The first-order valence-corrected chi connectivity index (χ1v) is 9.58. The molecule has 0 amide bonds. The van der Waals surface area contributed by atoms with Crippen LogP contribution in [-0.4, -0.2) is 65.2 Å². The summed E-state index contributed by atoms with van der Waals surface area (Å²) in [5.41, 5.74) is 1.81. The molecule has 0 aliphatic carbocycles. The van der Waals surface area contributed by atoms with Crippen LogP contribution in [0, 0.1) is 0 Å². The number of aromatic hydroxyl groups is 1. The molecule has 2 aromatic heterocycles. The van der Waals surface area contributed by atoms with E-state index < -0.39 is 0 Å². The highest BCUT2D eigenvalue weighted by Crippen LogP contribution is 2.31. The Kier molecular flexibility index (Phi) is 4.87. The SMILES string of the molecule is Cn1nnc(-c2ccc(-c3cnc(N4CCC(NC(C)(C)C)C4)nn3)c(O)c2)n1. The number of nitrogens with zero attached hydrogens (tertiary/aromatic N) is 8. The van der Waals surface area contributed by atoms with Crippen molar-refractivity contribution in [1.82, 2.24) is 40.7 Å². The Morgan fingerprint density at radius 1 is 1.17 bits per heavy atom. The van der Waals surface area contributed by atoms with Gasteiger partial charge in [-0.1, -0.05) is 6.07 Å². The summed E-state index contributed by atoms with van der Waals surface area (Å²) in [5.74, 6) is 1.11.